The van der Waals surface area contributed by atoms with Crippen molar-refractivity contribution in [3.05, 3.63) is 24.3 Å². The highest BCUT2D eigenvalue weighted by Gasteiger charge is 2.17. The van der Waals surface area contributed by atoms with Gasteiger partial charge in [0.25, 0.3) is 0 Å². The van der Waals surface area contributed by atoms with Crippen molar-refractivity contribution >= 4 is 5.91 Å². The number of carbonyl (C=O) groups is 1. The Morgan fingerprint density at radius 3 is 1.41 bits per heavy atom. The number of unbranched alkanes of at least 4 members (excludes halogenated alkanes) is 23. The van der Waals surface area contributed by atoms with Gasteiger partial charge in [-0.15, -0.1) is 0 Å². The lowest BCUT2D eigenvalue weighted by Crippen LogP contribution is -2.45. The van der Waals surface area contributed by atoms with Gasteiger partial charge in [-0.05, 0) is 32.1 Å². The molecule has 0 fully saturated rings. The molecule has 242 valence electrons. The number of aliphatic hydroxyl groups is 2. The molecule has 0 bridgehead atoms. The van der Waals surface area contributed by atoms with Crippen molar-refractivity contribution in [3.63, 3.8) is 0 Å². The highest BCUT2D eigenvalue weighted by molar-refractivity contribution is 5.76. The fourth-order valence-corrected chi connectivity index (χ4v) is 5.37. The molecule has 0 spiro atoms. The number of carbonyl (C=O) groups excluding carboxylic acids is 1. The first-order chi connectivity index (χ1) is 20.2. The normalized spacial score (nSPS) is 13.4. The third kappa shape index (κ3) is 30.1. The van der Waals surface area contributed by atoms with Gasteiger partial charge in [-0.25, -0.2) is 0 Å². The predicted molar refractivity (Wildman–Crippen MR) is 179 cm³/mol. The first kappa shape index (κ1) is 39.9. The maximum atomic E-state index is 12.3. The molecule has 0 heterocycles. The van der Waals surface area contributed by atoms with E-state index in [0.717, 1.165) is 32.1 Å². The lowest BCUT2D eigenvalue weighted by Gasteiger charge is -2.19. The van der Waals surface area contributed by atoms with E-state index in [-0.39, 0.29) is 12.5 Å². The van der Waals surface area contributed by atoms with Crippen LogP contribution in [0.3, 0.4) is 0 Å². The van der Waals surface area contributed by atoms with Crippen LogP contribution in [0.2, 0.25) is 0 Å². The van der Waals surface area contributed by atoms with E-state index in [9.17, 15) is 15.0 Å². The Labute approximate surface area is 256 Å². The second kappa shape index (κ2) is 33.4. The van der Waals surface area contributed by atoms with Gasteiger partial charge >= 0.3 is 0 Å². The first-order valence-electron chi connectivity index (χ1n) is 18.1. The molecule has 0 aromatic heterocycles. The molecule has 0 aliphatic carbocycles. The van der Waals surface area contributed by atoms with Crippen molar-refractivity contribution in [3.8, 4) is 0 Å². The minimum Gasteiger partial charge on any atom is -0.394 e. The van der Waals surface area contributed by atoms with Crippen LogP contribution in [0, 0.1) is 0 Å². The fourth-order valence-electron chi connectivity index (χ4n) is 5.37. The molecule has 0 radical (unpaired) electrons. The summed E-state index contributed by atoms with van der Waals surface area (Å²) in [4.78, 5) is 12.3. The van der Waals surface area contributed by atoms with Gasteiger partial charge in [0.2, 0.25) is 5.91 Å². The Bertz CT molecular complexity index is 589. The number of hydrogen-bond donors (Lipinski definition) is 3. The zero-order valence-corrected chi connectivity index (χ0v) is 27.6. The van der Waals surface area contributed by atoms with Gasteiger partial charge in [-0.2, -0.15) is 0 Å². The fraction of sp³-hybridized carbons (Fsp3) is 0.865. The summed E-state index contributed by atoms with van der Waals surface area (Å²) in [7, 11) is 0. The molecule has 0 aromatic carbocycles. The Hall–Kier alpha value is -1.13. The quantitative estimate of drug-likeness (QED) is 0.0550. The van der Waals surface area contributed by atoms with Gasteiger partial charge in [0, 0.05) is 6.42 Å². The van der Waals surface area contributed by atoms with Crippen molar-refractivity contribution in [2.24, 2.45) is 0 Å². The topological polar surface area (TPSA) is 69.6 Å². The largest absolute Gasteiger partial charge is 0.394 e. The minimum atomic E-state index is -0.855. The van der Waals surface area contributed by atoms with Gasteiger partial charge in [-0.1, -0.05) is 173 Å². The highest BCUT2D eigenvalue weighted by atomic mass is 16.3. The minimum absolute atomic E-state index is 0.0746. The van der Waals surface area contributed by atoms with Gasteiger partial charge < -0.3 is 15.5 Å². The molecule has 41 heavy (non-hydrogen) atoms. The first-order valence-corrected chi connectivity index (χ1v) is 18.1. The van der Waals surface area contributed by atoms with E-state index < -0.39 is 12.1 Å². The Morgan fingerprint density at radius 2 is 0.951 bits per heavy atom. The Kier molecular flexibility index (Phi) is 32.5. The monoisotopic (exact) mass is 578 g/mol. The van der Waals surface area contributed by atoms with Crippen LogP contribution >= 0.6 is 0 Å². The molecule has 0 aliphatic rings. The van der Waals surface area contributed by atoms with Crippen LogP contribution in [0.1, 0.15) is 187 Å². The molecule has 4 heteroatoms. The summed E-state index contributed by atoms with van der Waals surface area (Å²) < 4.78 is 0. The summed E-state index contributed by atoms with van der Waals surface area (Å²) >= 11 is 0. The third-order valence-electron chi connectivity index (χ3n) is 8.19. The number of amides is 1. The molecule has 0 saturated heterocycles. The number of nitrogens with one attached hydrogen (secondary N) is 1. The highest BCUT2D eigenvalue weighted by Crippen LogP contribution is 2.14. The van der Waals surface area contributed by atoms with E-state index in [4.69, 9.17) is 0 Å². The number of aliphatic hydroxyl groups excluding tert-OH is 2. The molecule has 2 atom stereocenters. The summed E-state index contributed by atoms with van der Waals surface area (Å²) in [6, 6.07) is -0.632. The summed E-state index contributed by atoms with van der Waals surface area (Å²) in [6.45, 7) is 4.28. The van der Waals surface area contributed by atoms with Gasteiger partial charge in [-0.3, -0.25) is 4.79 Å². The lowest BCUT2D eigenvalue weighted by molar-refractivity contribution is -0.123. The molecule has 0 unspecified atom stereocenters. The lowest BCUT2D eigenvalue weighted by atomic mass is 10.0. The maximum Gasteiger partial charge on any atom is 0.220 e. The zero-order valence-electron chi connectivity index (χ0n) is 27.6. The average Bonchev–Trinajstić information content (AvgIpc) is 2.97. The molecular formula is C37H71NO3. The Morgan fingerprint density at radius 1 is 0.561 bits per heavy atom. The smallest absolute Gasteiger partial charge is 0.220 e. The second-order valence-electron chi connectivity index (χ2n) is 12.3. The van der Waals surface area contributed by atoms with Crippen LogP contribution < -0.4 is 5.32 Å². The SMILES string of the molecule is CCCCCCCCCCCC/C=C/CC/C=C/[C@@H](O)[C@H](CO)NC(=O)CCCCCCCCCCCCCCC. The molecular weight excluding hydrogens is 506 g/mol. The van der Waals surface area contributed by atoms with E-state index in [1.165, 1.54) is 135 Å². The van der Waals surface area contributed by atoms with E-state index in [2.05, 4.69) is 31.3 Å². The van der Waals surface area contributed by atoms with Gasteiger partial charge in [0.15, 0.2) is 0 Å². The maximum absolute atomic E-state index is 12.3. The molecule has 0 saturated carbocycles. The van der Waals surface area contributed by atoms with E-state index in [1.54, 1.807) is 6.08 Å². The molecule has 4 nitrogen and oxygen atoms in total. The summed E-state index contributed by atoms with van der Waals surface area (Å²) in [5.41, 5.74) is 0. The molecule has 1 amide bonds. The van der Waals surface area contributed by atoms with Crippen LogP contribution in [0.25, 0.3) is 0 Å². The molecule has 0 aliphatic heterocycles. The van der Waals surface area contributed by atoms with Gasteiger partial charge in [0.05, 0.1) is 18.8 Å². The summed E-state index contributed by atoms with van der Waals surface area (Å²) in [5.74, 6) is -0.0746. The van der Waals surface area contributed by atoms with Crippen molar-refractivity contribution in [1.82, 2.24) is 5.32 Å². The molecule has 3 N–H and O–H groups in total. The van der Waals surface area contributed by atoms with Gasteiger partial charge in [0.1, 0.15) is 0 Å². The standard InChI is InChI=1S/C37H71NO3/c1-3-5-7-9-11-13-15-17-18-19-21-22-24-26-28-30-32-36(40)35(34-39)38-37(41)33-31-29-27-25-23-20-16-14-12-10-8-6-4-2/h22,24,30,32,35-36,39-40H,3-21,23,25-29,31,33-34H2,1-2H3,(H,38,41)/b24-22+,32-30+/t35-,36+/m0/s1. The average molecular weight is 578 g/mol. The second-order valence-corrected chi connectivity index (χ2v) is 12.3. The zero-order chi connectivity index (χ0) is 30.1. The van der Waals surface area contributed by atoms with Crippen LogP contribution in [0.15, 0.2) is 24.3 Å². The molecule has 0 aromatic rings. The third-order valence-corrected chi connectivity index (χ3v) is 8.19. The van der Waals surface area contributed by atoms with Crippen molar-refractivity contribution in [2.45, 2.75) is 199 Å². The van der Waals surface area contributed by atoms with Crippen LogP contribution in [-0.2, 0) is 4.79 Å². The number of allylic oxidation sites excluding steroid dienone is 3. The van der Waals surface area contributed by atoms with Crippen molar-refractivity contribution < 1.29 is 15.0 Å². The molecule has 0 rings (SSSR count). The number of rotatable bonds is 32. The van der Waals surface area contributed by atoms with Crippen molar-refractivity contribution in [2.75, 3.05) is 6.61 Å². The van der Waals surface area contributed by atoms with Crippen LogP contribution in [-0.4, -0.2) is 34.9 Å². The summed E-state index contributed by atoms with van der Waals surface area (Å²) in [5, 5.41) is 22.8. The van der Waals surface area contributed by atoms with E-state index in [1.807, 2.05) is 6.08 Å². The van der Waals surface area contributed by atoms with Crippen LogP contribution in [0.5, 0.6) is 0 Å². The Balaban J connectivity index is 3.67. The predicted octanol–water partition coefficient (Wildman–Crippen LogP) is 10.5. The van der Waals surface area contributed by atoms with Crippen molar-refractivity contribution in [1.29, 1.82) is 0 Å². The van der Waals surface area contributed by atoms with E-state index in [0.29, 0.717) is 6.42 Å². The van der Waals surface area contributed by atoms with E-state index >= 15 is 0 Å². The summed E-state index contributed by atoms with van der Waals surface area (Å²) in [6.07, 6.45) is 41.2. The number of hydrogen-bond acceptors (Lipinski definition) is 3. The van der Waals surface area contributed by atoms with Crippen LogP contribution in [0.4, 0.5) is 0 Å².